The molecule has 0 aliphatic carbocycles. The van der Waals surface area contributed by atoms with Gasteiger partial charge in [-0.3, -0.25) is 0 Å². The van der Waals surface area contributed by atoms with Crippen molar-refractivity contribution >= 4 is 11.8 Å². The fourth-order valence-corrected chi connectivity index (χ4v) is 1.74. The third-order valence-electron chi connectivity index (χ3n) is 1.17. The van der Waals surface area contributed by atoms with Gasteiger partial charge in [-0.15, -0.1) is 11.8 Å². The summed E-state index contributed by atoms with van der Waals surface area (Å²) >= 11 is 0.981. The largest absolute Gasteiger partial charge is 0.400 e. The first-order valence-corrected chi connectivity index (χ1v) is 4.54. The Labute approximate surface area is 69.5 Å². The van der Waals surface area contributed by atoms with Crippen LogP contribution in [0.2, 0.25) is 0 Å². The van der Waals surface area contributed by atoms with Crippen molar-refractivity contribution in [1.29, 1.82) is 0 Å². The van der Waals surface area contributed by atoms with Gasteiger partial charge in [-0.25, -0.2) is 0 Å². The minimum atomic E-state index is -4.04. The minimum absolute atomic E-state index is 0.0431. The maximum atomic E-state index is 12.1. The van der Waals surface area contributed by atoms with E-state index in [0.29, 0.717) is 0 Å². The first-order valence-electron chi connectivity index (χ1n) is 3.60. The van der Waals surface area contributed by atoms with Crippen molar-refractivity contribution in [3.05, 3.63) is 0 Å². The normalized spacial score (nSPS) is 15.5. The Morgan fingerprint density at radius 1 is 1.27 bits per heavy atom. The first-order chi connectivity index (χ1) is 4.88. The van der Waals surface area contributed by atoms with Crippen LogP contribution in [0.4, 0.5) is 13.2 Å². The van der Waals surface area contributed by atoms with Gasteiger partial charge in [-0.2, -0.15) is 13.2 Å². The zero-order valence-corrected chi connectivity index (χ0v) is 7.72. The van der Waals surface area contributed by atoms with E-state index in [2.05, 4.69) is 0 Å². The molecule has 0 heterocycles. The van der Waals surface area contributed by atoms with E-state index in [1.807, 2.05) is 0 Å². The Morgan fingerprint density at radius 2 is 1.73 bits per heavy atom. The molecule has 0 amide bonds. The van der Waals surface area contributed by atoms with Crippen molar-refractivity contribution in [2.24, 2.45) is 0 Å². The third kappa shape index (κ3) is 4.56. The van der Waals surface area contributed by atoms with Gasteiger partial charge in [-0.1, -0.05) is 20.8 Å². The molecular weight excluding hydrogens is 173 g/mol. The van der Waals surface area contributed by atoms with Crippen LogP contribution < -0.4 is 0 Å². The van der Waals surface area contributed by atoms with Gasteiger partial charge >= 0.3 is 6.18 Å². The SMILES string of the molecule is CC[C@H](SC(C)C)C(F)(F)F. The molecule has 0 aromatic carbocycles. The Morgan fingerprint density at radius 3 is 1.82 bits per heavy atom. The summed E-state index contributed by atoms with van der Waals surface area (Å²) in [6.07, 6.45) is -3.88. The van der Waals surface area contributed by atoms with Crippen LogP contribution >= 0.6 is 11.8 Å². The van der Waals surface area contributed by atoms with Gasteiger partial charge in [0.2, 0.25) is 0 Å². The van der Waals surface area contributed by atoms with Gasteiger partial charge in [0.25, 0.3) is 0 Å². The Balaban J connectivity index is 3.96. The fourth-order valence-electron chi connectivity index (χ4n) is 0.733. The fraction of sp³-hybridized carbons (Fsp3) is 1.00. The molecule has 0 fully saturated rings. The molecule has 0 nitrogen and oxygen atoms in total. The Bertz CT molecular complexity index is 109. The van der Waals surface area contributed by atoms with Crippen LogP contribution in [-0.2, 0) is 0 Å². The summed E-state index contributed by atoms with van der Waals surface area (Å²) in [5.74, 6) is 0. The molecule has 4 heteroatoms. The minimum Gasteiger partial charge on any atom is -0.170 e. The van der Waals surface area contributed by atoms with E-state index < -0.39 is 11.4 Å². The molecule has 0 unspecified atom stereocenters. The van der Waals surface area contributed by atoms with Crippen LogP contribution in [0, 0.1) is 0 Å². The monoisotopic (exact) mass is 186 g/mol. The summed E-state index contributed by atoms with van der Waals surface area (Å²) in [5, 5.41) is -1.15. The molecule has 1 atom stereocenters. The second kappa shape index (κ2) is 4.24. The van der Waals surface area contributed by atoms with Gasteiger partial charge in [0.1, 0.15) is 5.25 Å². The van der Waals surface area contributed by atoms with Gasteiger partial charge in [0.05, 0.1) is 0 Å². The van der Waals surface area contributed by atoms with Crippen LogP contribution in [0.15, 0.2) is 0 Å². The molecule has 0 aliphatic rings. The molecule has 0 saturated carbocycles. The summed E-state index contributed by atoms with van der Waals surface area (Å²) in [4.78, 5) is 0. The van der Waals surface area contributed by atoms with Crippen molar-refractivity contribution in [2.45, 2.75) is 43.9 Å². The molecule has 0 N–H and O–H groups in total. The molecule has 68 valence electrons. The van der Waals surface area contributed by atoms with Gasteiger partial charge in [0, 0.05) is 0 Å². The van der Waals surface area contributed by atoms with Crippen molar-refractivity contribution < 1.29 is 13.2 Å². The lowest BCUT2D eigenvalue weighted by molar-refractivity contribution is -0.129. The molecule has 11 heavy (non-hydrogen) atoms. The zero-order valence-electron chi connectivity index (χ0n) is 6.90. The second-order valence-electron chi connectivity index (χ2n) is 2.62. The Hall–Kier alpha value is 0.140. The number of alkyl halides is 3. The van der Waals surface area contributed by atoms with Crippen molar-refractivity contribution in [3.63, 3.8) is 0 Å². The highest BCUT2D eigenvalue weighted by atomic mass is 32.2. The summed E-state index contributed by atoms with van der Waals surface area (Å²) < 4.78 is 36.2. The lowest BCUT2D eigenvalue weighted by atomic mass is 10.3. The maximum Gasteiger partial charge on any atom is 0.400 e. The van der Waals surface area contributed by atoms with Crippen LogP contribution in [0.25, 0.3) is 0 Å². The number of halogens is 3. The Kier molecular flexibility index (Phi) is 4.29. The highest BCUT2D eigenvalue weighted by Crippen LogP contribution is 2.34. The number of rotatable bonds is 3. The second-order valence-corrected chi connectivity index (χ2v) is 4.41. The van der Waals surface area contributed by atoms with E-state index in [0.717, 1.165) is 11.8 Å². The highest BCUT2D eigenvalue weighted by Gasteiger charge is 2.38. The quantitative estimate of drug-likeness (QED) is 0.650. The van der Waals surface area contributed by atoms with E-state index >= 15 is 0 Å². The molecule has 0 aromatic heterocycles. The van der Waals surface area contributed by atoms with Gasteiger partial charge < -0.3 is 0 Å². The van der Waals surface area contributed by atoms with Crippen LogP contribution in [0.3, 0.4) is 0 Å². The first kappa shape index (κ1) is 11.1. The van der Waals surface area contributed by atoms with E-state index in [9.17, 15) is 13.2 Å². The topological polar surface area (TPSA) is 0 Å². The predicted molar refractivity (Wildman–Crippen MR) is 42.9 cm³/mol. The van der Waals surface area contributed by atoms with Crippen molar-refractivity contribution in [2.75, 3.05) is 0 Å². The molecular formula is C7H13F3S. The molecule has 0 radical (unpaired) electrons. The number of hydrogen-bond donors (Lipinski definition) is 0. The number of hydrogen-bond acceptors (Lipinski definition) is 1. The van der Waals surface area contributed by atoms with Crippen molar-refractivity contribution in [1.82, 2.24) is 0 Å². The van der Waals surface area contributed by atoms with Crippen molar-refractivity contribution in [3.8, 4) is 0 Å². The van der Waals surface area contributed by atoms with E-state index in [1.54, 1.807) is 20.8 Å². The van der Waals surface area contributed by atoms with Crippen LogP contribution in [0.5, 0.6) is 0 Å². The number of thioether (sulfide) groups is 1. The van der Waals surface area contributed by atoms with E-state index in [1.165, 1.54) is 0 Å². The standard InChI is InChI=1S/C7H13F3S/c1-4-6(7(8,9)10)11-5(2)3/h5-6H,4H2,1-3H3/t6-/m0/s1. The van der Waals surface area contributed by atoms with Crippen LogP contribution in [0.1, 0.15) is 27.2 Å². The molecule has 0 spiro atoms. The molecule has 0 saturated heterocycles. The maximum absolute atomic E-state index is 12.1. The molecule has 0 rings (SSSR count). The summed E-state index contributed by atoms with van der Waals surface area (Å²) in [5.41, 5.74) is 0. The van der Waals surface area contributed by atoms with Crippen LogP contribution in [-0.4, -0.2) is 16.7 Å². The smallest absolute Gasteiger partial charge is 0.170 e. The third-order valence-corrected chi connectivity index (χ3v) is 2.65. The molecule has 0 aromatic rings. The predicted octanol–water partition coefficient (Wildman–Crippen LogP) is 3.47. The van der Waals surface area contributed by atoms with Gasteiger partial charge in [-0.05, 0) is 11.7 Å². The molecule has 0 aliphatic heterocycles. The summed E-state index contributed by atoms with van der Waals surface area (Å²) in [6, 6.07) is 0. The summed E-state index contributed by atoms with van der Waals surface area (Å²) in [7, 11) is 0. The van der Waals surface area contributed by atoms with Gasteiger partial charge in [0.15, 0.2) is 0 Å². The summed E-state index contributed by atoms with van der Waals surface area (Å²) in [6.45, 7) is 5.12. The van der Waals surface area contributed by atoms with E-state index in [4.69, 9.17) is 0 Å². The molecule has 0 bridgehead atoms. The zero-order chi connectivity index (χ0) is 9.07. The highest BCUT2D eigenvalue weighted by molar-refractivity contribution is 8.00. The average Bonchev–Trinajstić information content (AvgIpc) is 1.79. The lowest BCUT2D eigenvalue weighted by Crippen LogP contribution is -2.26. The lowest BCUT2D eigenvalue weighted by Gasteiger charge is -2.19. The van der Waals surface area contributed by atoms with E-state index in [-0.39, 0.29) is 11.7 Å². The average molecular weight is 186 g/mol.